The van der Waals surface area contributed by atoms with Crippen LogP contribution in [0.4, 0.5) is 0 Å². The van der Waals surface area contributed by atoms with Gasteiger partial charge in [-0.3, -0.25) is 8.80 Å². The largest absolute Gasteiger partial charge is 0.276 e. The minimum Gasteiger partial charge on any atom is -0.276 e. The molecule has 0 unspecified atom stereocenters. The highest BCUT2D eigenvalue weighted by Gasteiger charge is 2.37. The second kappa shape index (κ2) is 19.2. The molecule has 5 aromatic heterocycles. The molecule has 0 fully saturated rings. The van der Waals surface area contributed by atoms with Crippen LogP contribution in [0.5, 0.6) is 0 Å². The van der Waals surface area contributed by atoms with Crippen molar-refractivity contribution in [1.29, 1.82) is 0 Å². The Morgan fingerprint density at radius 1 is 0.232 bits per heavy atom. The lowest BCUT2D eigenvalue weighted by Gasteiger charge is -2.42. The van der Waals surface area contributed by atoms with Gasteiger partial charge in [-0.15, -0.1) is 20.1 Å². The van der Waals surface area contributed by atoms with Crippen LogP contribution in [0.1, 0.15) is 0 Å². The number of imidazole rings is 4. The fraction of sp³-hybridized carbons (Fsp3) is 0. The predicted molar refractivity (Wildman–Crippen MR) is 331 cm³/mol. The molecular formula is C71H49N9S2. The summed E-state index contributed by atoms with van der Waals surface area (Å²) in [6.07, 6.45) is 0. The van der Waals surface area contributed by atoms with Gasteiger partial charge >= 0.3 is 0 Å². The molecule has 11 aromatic carbocycles. The van der Waals surface area contributed by atoms with E-state index in [1.54, 1.807) is 0 Å². The first-order chi connectivity index (χ1) is 40.7. The molecule has 0 aliphatic carbocycles. The Balaban J connectivity index is 1.05. The first kappa shape index (κ1) is 47.7. The third-order valence-corrected chi connectivity index (χ3v) is 23.5. The number of aromatic nitrogens is 9. The molecule has 0 radical (unpaired) electrons. The Bertz CT molecular complexity index is 4840. The average molecular weight is 1090 g/mol. The highest BCUT2D eigenvalue weighted by molar-refractivity contribution is 8.34. The van der Waals surface area contributed by atoms with Gasteiger partial charge in [0.15, 0.2) is 5.82 Å². The lowest BCUT2D eigenvalue weighted by atomic mass is 10.2. The van der Waals surface area contributed by atoms with Gasteiger partial charge in [-0.05, 0) is 133 Å². The van der Waals surface area contributed by atoms with Crippen molar-refractivity contribution in [3.63, 3.8) is 0 Å². The maximum Gasteiger partial charge on any atom is 0.242 e. The second-order valence-corrected chi connectivity index (χ2v) is 26.4. The summed E-state index contributed by atoms with van der Waals surface area (Å²) < 4.78 is 8.75. The molecule has 11 heteroatoms. The number of para-hydroxylation sites is 4. The van der Waals surface area contributed by atoms with Crippen LogP contribution >= 0.6 is 20.1 Å². The van der Waals surface area contributed by atoms with Crippen molar-refractivity contribution in [2.45, 2.75) is 39.2 Å². The normalized spacial score (nSPS) is 12.5. The van der Waals surface area contributed by atoms with E-state index >= 15 is 0 Å². The number of benzene rings is 11. The van der Waals surface area contributed by atoms with E-state index in [1.807, 2.05) is 24.3 Å². The summed E-state index contributed by atoms with van der Waals surface area (Å²) in [6, 6.07) is 107. The van der Waals surface area contributed by atoms with Crippen LogP contribution in [0.15, 0.2) is 336 Å². The maximum atomic E-state index is 5.68. The van der Waals surface area contributed by atoms with E-state index in [0.717, 1.165) is 49.7 Å². The highest BCUT2D eigenvalue weighted by atomic mass is 32.3. The monoisotopic (exact) mass is 1090 g/mol. The molecule has 82 heavy (non-hydrogen) atoms. The van der Waals surface area contributed by atoms with Crippen molar-refractivity contribution in [1.82, 2.24) is 42.9 Å². The molecular weight excluding hydrogens is 1040 g/mol. The zero-order chi connectivity index (χ0) is 54.2. The molecule has 0 bridgehead atoms. The summed E-state index contributed by atoms with van der Waals surface area (Å²) in [5, 5.41) is 0. The fourth-order valence-electron chi connectivity index (χ4n) is 12.2. The predicted octanol–water partition coefficient (Wildman–Crippen LogP) is 17.7. The zero-order valence-corrected chi connectivity index (χ0v) is 45.8. The van der Waals surface area contributed by atoms with Crippen molar-refractivity contribution in [2.24, 2.45) is 0 Å². The molecule has 390 valence electrons. The quantitative estimate of drug-likeness (QED) is 0.129. The third kappa shape index (κ3) is 7.20. The molecule has 0 spiro atoms. The summed E-state index contributed by atoms with van der Waals surface area (Å²) in [7, 11) is -4.21. The minimum atomic E-state index is -2.13. The third-order valence-electron chi connectivity index (χ3n) is 15.7. The minimum absolute atomic E-state index is 0.421. The van der Waals surface area contributed by atoms with E-state index in [1.165, 1.54) is 39.2 Å². The standard InChI is InChI=1S/C71H49N9S2/c1-8-26-50(27-9-1)67-74-68(79-63-43-25-24-42-62(63)77-61-41-23-22-40-59(61)72-70(77)79)76-69(75-67)80-64-47-45-58(82(54-34-16-5-17-35-54,55-36-18-6-19-37-55)56-38-20-7-21-39-56)49-66(64)78-65-48-57(44-46-60(65)73-71(78)80)81(51-28-10-2-11-29-51,52-30-12-3-13-31-52)53-32-14-4-15-33-53/h1-49H. The molecule has 16 rings (SSSR count). The number of hydrogen-bond donors (Lipinski definition) is 0. The summed E-state index contributed by atoms with van der Waals surface area (Å²) in [6.45, 7) is 0. The molecule has 0 N–H and O–H groups in total. The van der Waals surface area contributed by atoms with Crippen LogP contribution in [0.2, 0.25) is 0 Å². The molecule has 0 saturated heterocycles. The molecule has 0 atom stereocenters. The van der Waals surface area contributed by atoms with Gasteiger partial charge < -0.3 is 0 Å². The summed E-state index contributed by atoms with van der Waals surface area (Å²) in [5.74, 6) is 2.75. The highest BCUT2D eigenvalue weighted by Crippen LogP contribution is 2.75. The van der Waals surface area contributed by atoms with Gasteiger partial charge in [-0.2, -0.15) is 15.0 Å². The smallest absolute Gasteiger partial charge is 0.242 e. The second-order valence-electron chi connectivity index (χ2n) is 20.2. The van der Waals surface area contributed by atoms with Crippen molar-refractivity contribution in [3.05, 3.63) is 297 Å². The van der Waals surface area contributed by atoms with Gasteiger partial charge in [0.1, 0.15) is 0 Å². The first-order valence-electron chi connectivity index (χ1n) is 27.3. The van der Waals surface area contributed by atoms with E-state index in [2.05, 4.69) is 291 Å². The van der Waals surface area contributed by atoms with Crippen molar-refractivity contribution < 1.29 is 0 Å². The summed E-state index contributed by atoms with van der Waals surface area (Å²) >= 11 is 0. The van der Waals surface area contributed by atoms with Gasteiger partial charge in [0.05, 0.1) is 44.1 Å². The molecule has 0 aliphatic rings. The topological polar surface area (TPSA) is 83.1 Å². The Kier molecular flexibility index (Phi) is 11.2. The molecule has 16 aromatic rings. The van der Waals surface area contributed by atoms with Crippen LogP contribution in [0.25, 0.3) is 79.0 Å². The van der Waals surface area contributed by atoms with Crippen LogP contribution in [0, 0.1) is 0 Å². The molecule has 0 saturated carbocycles. The van der Waals surface area contributed by atoms with E-state index in [-0.39, 0.29) is 0 Å². The number of hydrogen-bond acceptors (Lipinski definition) is 5. The van der Waals surface area contributed by atoms with E-state index < -0.39 is 20.1 Å². The Morgan fingerprint density at radius 2 is 0.573 bits per heavy atom. The number of nitrogens with zero attached hydrogens (tertiary/aromatic N) is 9. The van der Waals surface area contributed by atoms with Crippen LogP contribution < -0.4 is 0 Å². The van der Waals surface area contributed by atoms with Crippen LogP contribution in [-0.4, -0.2) is 42.9 Å². The van der Waals surface area contributed by atoms with Gasteiger partial charge in [0.2, 0.25) is 23.5 Å². The van der Waals surface area contributed by atoms with Crippen LogP contribution in [-0.2, 0) is 0 Å². The first-order valence-corrected chi connectivity index (χ1v) is 30.6. The van der Waals surface area contributed by atoms with Crippen LogP contribution in [0.3, 0.4) is 0 Å². The summed E-state index contributed by atoms with van der Waals surface area (Å²) in [4.78, 5) is 37.1. The molecule has 5 heterocycles. The maximum absolute atomic E-state index is 5.68. The van der Waals surface area contributed by atoms with Crippen molar-refractivity contribution in [3.8, 4) is 23.3 Å². The van der Waals surface area contributed by atoms with Gasteiger partial charge in [0.25, 0.3) is 0 Å². The summed E-state index contributed by atoms with van der Waals surface area (Å²) in [5.41, 5.74) is 8.30. The van der Waals surface area contributed by atoms with Crippen molar-refractivity contribution >= 4 is 75.7 Å². The SMILES string of the molecule is c1ccc(-c2nc(-n3c4ccccc4n4c5ccccc5nc34)nc(-n3c4ccc(S(c5ccccc5)(c5ccccc5)c5ccccc5)cc4n4c5cc(S(c6ccccc6)(c6ccccc6)c6ccccc6)ccc5nc34)n2)cc1. The lowest BCUT2D eigenvalue weighted by Crippen LogP contribution is -2.11. The average Bonchev–Trinajstić information content (AvgIpc) is 3.95. The Hall–Kier alpha value is -10.3. The molecule has 0 aliphatic heterocycles. The number of fused-ring (bicyclic) bond motifs is 10. The Morgan fingerprint density at radius 3 is 1.04 bits per heavy atom. The van der Waals surface area contributed by atoms with Gasteiger partial charge in [-0.1, -0.05) is 164 Å². The number of rotatable bonds is 11. The van der Waals surface area contributed by atoms with Gasteiger partial charge in [0, 0.05) is 44.7 Å². The van der Waals surface area contributed by atoms with E-state index in [9.17, 15) is 0 Å². The van der Waals surface area contributed by atoms with E-state index in [0.29, 0.717) is 29.3 Å². The van der Waals surface area contributed by atoms with E-state index in [4.69, 9.17) is 24.9 Å². The lowest BCUT2D eigenvalue weighted by molar-refractivity contribution is 0.877. The fourth-order valence-corrected chi connectivity index (χ4v) is 20.0. The Labute approximate surface area is 475 Å². The molecule has 9 nitrogen and oxygen atoms in total. The van der Waals surface area contributed by atoms with Crippen molar-refractivity contribution in [2.75, 3.05) is 0 Å². The molecule has 0 amide bonds. The van der Waals surface area contributed by atoms with Gasteiger partial charge in [-0.25, -0.2) is 19.1 Å². The zero-order valence-electron chi connectivity index (χ0n) is 44.1.